The molecule has 0 spiro atoms. The van der Waals surface area contributed by atoms with Crippen LogP contribution in [0.25, 0.3) is 0 Å². The molecule has 0 aliphatic carbocycles. The Balaban J connectivity index is 1.19. The Labute approximate surface area is 208 Å². The SMILES string of the molecule is O=C(NCc1ccc(CN2CCCCCC2)cc1)C1CCN(Cc2c(Cl)cccc2Cl)CC1. The number of carbonyl (C=O) groups excluding carboxylic acids is 1. The van der Waals surface area contributed by atoms with Gasteiger partial charge in [0, 0.05) is 41.2 Å². The normalized spacial score (nSPS) is 18.7. The zero-order valence-corrected chi connectivity index (χ0v) is 20.9. The van der Waals surface area contributed by atoms with Crippen molar-refractivity contribution in [1.82, 2.24) is 15.1 Å². The summed E-state index contributed by atoms with van der Waals surface area (Å²) >= 11 is 12.6. The van der Waals surface area contributed by atoms with Gasteiger partial charge in [-0.1, -0.05) is 66.4 Å². The first-order chi connectivity index (χ1) is 16.1. The molecule has 178 valence electrons. The van der Waals surface area contributed by atoms with Crippen molar-refractivity contribution >= 4 is 29.1 Å². The molecule has 0 saturated carbocycles. The average Bonchev–Trinajstić information content (AvgIpc) is 3.10. The Hall–Kier alpha value is -1.59. The molecular formula is C27H35Cl2N3O. The van der Waals surface area contributed by atoms with Crippen molar-refractivity contribution in [2.45, 2.75) is 58.2 Å². The number of hydrogen-bond acceptors (Lipinski definition) is 3. The van der Waals surface area contributed by atoms with Crippen molar-refractivity contribution < 1.29 is 4.79 Å². The zero-order chi connectivity index (χ0) is 23.0. The van der Waals surface area contributed by atoms with E-state index in [0.29, 0.717) is 16.6 Å². The van der Waals surface area contributed by atoms with Gasteiger partial charge in [0.2, 0.25) is 5.91 Å². The van der Waals surface area contributed by atoms with Crippen LogP contribution in [-0.4, -0.2) is 41.9 Å². The van der Waals surface area contributed by atoms with Crippen molar-refractivity contribution in [1.29, 1.82) is 0 Å². The van der Waals surface area contributed by atoms with Crippen LogP contribution in [0, 0.1) is 5.92 Å². The fraction of sp³-hybridized carbons (Fsp3) is 0.519. The standard InChI is InChI=1S/C27H35Cl2N3O/c28-25-6-5-7-26(29)24(25)20-32-16-12-23(13-17-32)27(33)30-18-21-8-10-22(11-9-21)19-31-14-3-1-2-4-15-31/h5-11,23H,1-4,12-20H2,(H,30,33). The maximum Gasteiger partial charge on any atom is 0.223 e. The molecule has 6 heteroatoms. The Kier molecular flexibility index (Phi) is 9.08. The molecule has 2 saturated heterocycles. The second-order valence-electron chi connectivity index (χ2n) is 9.48. The van der Waals surface area contributed by atoms with Gasteiger partial charge in [0.05, 0.1) is 0 Å². The van der Waals surface area contributed by atoms with Crippen LogP contribution in [0.3, 0.4) is 0 Å². The van der Waals surface area contributed by atoms with E-state index in [2.05, 4.69) is 39.4 Å². The van der Waals surface area contributed by atoms with Gasteiger partial charge in [0.25, 0.3) is 0 Å². The Morgan fingerprint density at radius 3 is 2.00 bits per heavy atom. The van der Waals surface area contributed by atoms with Gasteiger partial charge >= 0.3 is 0 Å². The van der Waals surface area contributed by atoms with E-state index in [0.717, 1.165) is 50.1 Å². The van der Waals surface area contributed by atoms with Gasteiger partial charge in [-0.25, -0.2) is 0 Å². The van der Waals surface area contributed by atoms with Crippen molar-refractivity contribution in [3.8, 4) is 0 Å². The van der Waals surface area contributed by atoms with Crippen molar-refractivity contribution in [3.05, 3.63) is 69.2 Å². The predicted molar refractivity (Wildman–Crippen MR) is 136 cm³/mol. The molecule has 33 heavy (non-hydrogen) atoms. The summed E-state index contributed by atoms with van der Waals surface area (Å²) in [5, 5.41) is 4.57. The second kappa shape index (κ2) is 12.2. The number of nitrogens with one attached hydrogen (secondary N) is 1. The number of piperidine rings is 1. The maximum absolute atomic E-state index is 12.7. The summed E-state index contributed by atoms with van der Waals surface area (Å²) in [4.78, 5) is 17.6. The minimum atomic E-state index is 0.0743. The van der Waals surface area contributed by atoms with E-state index in [4.69, 9.17) is 23.2 Å². The molecule has 2 aromatic carbocycles. The summed E-state index contributed by atoms with van der Waals surface area (Å²) in [6, 6.07) is 14.4. The average molecular weight is 489 g/mol. The Morgan fingerprint density at radius 1 is 0.788 bits per heavy atom. The third-order valence-corrected chi connectivity index (χ3v) is 7.70. The van der Waals surface area contributed by atoms with E-state index < -0.39 is 0 Å². The molecule has 1 N–H and O–H groups in total. The van der Waals surface area contributed by atoms with Gasteiger partial charge in [-0.3, -0.25) is 14.6 Å². The van der Waals surface area contributed by atoms with Crippen molar-refractivity contribution in [2.24, 2.45) is 5.92 Å². The molecule has 4 rings (SSSR count). The summed E-state index contributed by atoms with van der Waals surface area (Å²) in [5.41, 5.74) is 3.50. The van der Waals surface area contributed by atoms with Crippen LogP contribution in [0.15, 0.2) is 42.5 Å². The highest BCUT2D eigenvalue weighted by molar-refractivity contribution is 6.35. The quantitative estimate of drug-likeness (QED) is 0.527. The van der Waals surface area contributed by atoms with E-state index in [1.54, 1.807) is 0 Å². The van der Waals surface area contributed by atoms with Crippen LogP contribution in [0.4, 0.5) is 0 Å². The van der Waals surface area contributed by atoms with Crippen LogP contribution < -0.4 is 5.32 Å². The number of amides is 1. The molecule has 2 heterocycles. The third kappa shape index (κ3) is 7.19. The molecule has 0 radical (unpaired) electrons. The Bertz CT molecular complexity index is 882. The largest absolute Gasteiger partial charge is 0.352 e. The molecule has 1 amide bonds. The monoisotopic (exact) mass is 487 g/mol. The van der Waals surface area contributed by atoms with Gasteiger partial charge in [0.1, 0.15) is 0 Å². The predicted octanol–water partition coefficient (Wildman–Crippen LogP) is 5.90. The fourth-order valence-electron chi connectivity index (χ4n) is 4.91. The van der Waals surface area contributed by atoms with E-state index in [1.807, 2.05) is 18.2 Å². The van der Waals surface area contributed by atoms with Gasteiger partial charge in [-0.05, 0) is 75.1 Å². The summed E-state index contributed by atoms with van der Waals surface area (Å²) < 4.78 is 0. The van der Waals surface area contributed by atoms with Crippen LogP contribution in [0.2, 0.25) is 10.0 Å². The molecular weight excluding hydrogens is 453 g/mol. The Morgan fingerprint density at radius 2 is 1.36 bits per heavy atom. The summed E-state index contributed by atoms with van der Waals surface area (Å²) in [5.74, 6) is 0.240. The van der Waals surface area contributed by atoms with E-state index in [-0.39, 0.29) is 11.8 Å². The smallest absolute Gasteiger partial charge is 0.223 e. The summed E-state index contributed by atoms with van der Waals surface area (Å²) in [6.45, 7) is 6.54. The van der Waals surface area contributed by atoms with Gasteiger partial charge in [-0.15, -0.1) is 0 Å². The summed E-state index contributed by atoms with van der Waals surface area (Å²) in [7, 11) is 0. The van der Waals surface area contributed by atoms with Gasteiger partial charge < -0.3 is 5.32 Å². The number of rotatable bonds is 7. The van der Waals surface area contributed by atoms with E-state index in [9.17, 15) is 4.79 Å². The fourth-order valence-corrected chi connectivity index (χ4v) is 5.43. The molecule has 2 aliphatic heterocycles. The highest BCUT2D eigenvalue weighted by Crippen LogP contribution is 2.27. The molecule has 2 aromatic rings. The first kappa shape index (κ1) is 24.5. The molecule has 2 aliphatic rings. The van der Waals surface area contributed by atoms with Gasteiger partial charge in [0.15, 0.2) is 0 Å². The lowest BCUT2D eigenvalue weighted by Crippen LogP contribution is -2.40. The van der Waals surface area contributed by atoms with Crippen LogP contribution >= 0.6 is 23.2 Å². The molecule has 0 aromatic heterocycles. The molecule has 0 bridgehead atoms. The lowest BCUT2D eigenvalue weighted by atomic mass is 9.95. The number of hydrogen-bond donors (Lipinski definition) is 1. The van der Waals surface area contributed by atoms with E-state index >= 15 is 0 Å². The first-order valence-electron chi connectivity index (χ1n) is 12.3. The number of carbonyl (C=O) groups is 1. The zero-order valence-electron chi connectivity index (χ0n) is 19.4. The minimum Gasteiger partial charge on any atom is -0.352 e. The van der Waals surface area contributed by atoms with Crippen molar-refractivity contribution in [2.75, 3.05) is 26.2 Å². The number of likely N-dealkylation sites (tertiary alicyclic amines) is 2. The topological polar surface area (TPSA) is 35.6 Å². The number of nitrogens with zero attached hydrogens (tertiary/aromatic N) is 2. The number of benzene rings is 2. The maximum atomic E-state index is 12.7. The van der Waals surface area contributed by atoms with Crippen LogP contribution in [-0.2, 0) is 24.4 Å². The lowest BCUT2D eigenvalue weighted by molar-refractivity contribution is -0.126. The minimum absolute atomic E-state index is 0.0743. The van der Waals surface area contributed by atoms with Crippen LogP contribution in [0.5, 0.6) is 0 Å². The third-order valence-electron chi connectivity index (χ3n) is 7.00. The summed E-state index contributed by atoms with van der Waals surface area (Å²) in [6.07, 6.45) is 7.09. The van der Waals surface area contributed by atoms with E-state index in [1.165, 1.54) is 44.3 Å². The van der Waals surface area contributed by atoms with Crippen LogP contribution in [0.1, 0.15) is 55.2 Å². The lowest BCUT2D eigenvalue weighted by Gasteiger charge is -2.31. The molecule has 2 fully saturated rings. The van der Waals surface area contributed by atoms with Gasteiger partial charge in [-0.2, -0.15) is 0 Å². The molecule has 4 nitrogen and oxygen atoms in total. The number of halogens is 2. The van der Waals surface area contributed by atoms with Crippen molar-refractivity contribution in [3.63, 3.8) is 0 Å². The highest BCUT2D eigenvalue weighted by atomic mass is 35.5. The highest BCUT2D eigenvalue weighted by Gasteiger charge is 2.25. The molecule has 0 atom stereocenters. The second-order valence-corrected chi connectivity index (χ2v) is 10.3. The molecule has 0 unspecified atom stereocenters. The first-order valence-corrected chi connectivity index (χ1v) is 13.1.